The van der Waals surface area contributed by atoms with E-state index in [1.165, 1.54) is 6.92 Å². The number of nitrogens with one attached hydrogen (secondary N) is 3. The lowest BCUT2D eigenvalue weighted by atomic mass is 9.96. The Labute approximate surface area is 170 Å². The lowest BCUT2D eigenvalue weighted by molar-refractivity contribution is -0.144. The second-order valence-corrected chi connectivity index (χ2v) is 7.46. The van der Waals surface area contributed by atoms with Crippen molar-refractivity contribution in [1.29, 1.82) is 0 Å². The van der Waals surface area contributed by atoms with Crippen LogP contribution in [0.3, 0.4) is 0 Å². The number of aliphatic hydroxyl groups excluding tert-OH is 2. The number of aliphatic carboxylic acids is 1. The van der Waals surface area contributed by atoms with Crippen LogP contribution >= 0.6 is 0 Å². The summed E-state index contributed by atoms with van der Waals surface area (Å²) in [5, 5.41) is 35.2. The molecule has 0 radical (unpaired) electrons. The Morgan fingerprint density at radius 2 is 1.31 bits per heavy atom. The number of carboxylic acids is 1. The predicted molar refractivity (Wildman–Crippen MR) is 104 cm³/mol. The van der Waals surface area contributed by atoms with Crippen LogP contribution in [0.5, 0.6) is 0 Å². The van der Waals surface area contributed by atoms with Crippen molar-refractivity contribution in [3.8, 4) is 0 Å². The second kappa shape index (κ2) is 12.3. The van der Waals surface area contributed by atoms with E-state index in [4.69, 9.17) is 10.8 Å². The Bertz CT molecular complexity index is 583. The first-order valence-corrected chi connectivity index (χ1v) is 9.55. The molecule has 8 N–H and O–H groups in total. The van der Waals surface area contributed by atoms with Gasteiger partial charge < -0.3 is 37.0 Å². The zero-order chi connectivity index (χ0) is 22.9. The van der Waals surface area contributed by atoms with Crippen molar-refractivity contribution in [3.63, 3.8) is 0 Å². The van der Waals surface area contributed by atoms with E-state index in [1.54, 1.807) is 27.7 Å². The summed E-state index contributed by atoms with van der Waals surface area (Å²) in [5.41, 5.74) is 5.40. The Balaban J connectivity index is 5.46. The van der Waals surface area contributed by atoms with Gasteiger partial charge in [0.05, 0.1) is 12.7 Å². The van der Waals surface area contributed by atoms with Gasteiger partial charge in [0.1, 0.15) is 24.2 Å². The topological polar surface area (TPSA) is 191 Å². The Hall–Kier alpha value is -2.24. The van der Waals surface area contributed by atoms with Crippen molar-refractivity contribution in [2.45, 2.75) is 71.3 Å². The molecule has 0 bridgehead atoms. The summed E-state index contributed by atoms with van der Waals surface area (Å²) in [6.45, 7) is 7.39. The molecule has 168 valence electrons. The number of hydrogen-bond donors (Lipinski definition) is 7. The molecule has 0 saturated heterocycles. The number of aliphatic hydroxyl groups is 2. The highest BCUT2D eigenvalue weighted by atomic mass is 16.4. The maximum absolute atomic E-state index is 12.7. The lowest BCUT2D eigenvalue weighted by Crippen LogP contribution is -2.61. The van der Waals surface area contributed by atoms with Gasteiger partial charge in [-0.3, -0.25) is 14.4 Å². The van der Waals surface area contributed by atoms with Gasteiger partial charge in [-0.15, -0.1) is 0 Å². The van der Waals surface area contributed by atoms with E-state index in [0.717, 1.165) is 0 Å². The largest absolute Gasteiger partial charge is 0.480 e. The normalized spacial score (nSPS) is 17.4. The third-order valence-electron chi connectivity index (χ3n) is 4.62. The van der Waals surface area contributed by atoms with Gasteiger partial charge in [0.25, 0.3) is 0 Å². The van der Waals surface area contributed by atoms with Crippen LogP contribution in [0.2, 0.25) is 0 Å². The zero-order valence-corrected chi connectivity index (χ0v) is 17.5. The Kier molecular flexibility index (Phi) is 11.4. The van der Waals surface area contributed by atoms with E-state index in [1.807, 2.05) is 0 Å². The smallest absolute Gasteiger partial charge is 0.326 e. The van der Waals surface area contributed by atoms with Gasteiger partial charge in [-0.2, -0.15) is 0 Å². The van der Waals surface area contributed by atoms with Crippen LogP contribution in [0.4, 0.5) is 0 Å². The third kappa shape index (κ3) is 8.34. The fraction of sp³-hybridized carbons (Fsp3) is 0.778. The first kappa shape index (κ1) is 26.8. The standard InChI is InChI=1S/C18H34N4O7/c1-6-9(4)13(16(26)20-12(8(2)3)18(28)29)21-17(27)14(10(5)24)22-15(25)11(19)7-23/h8-14,23-24H,6-7,19H2,1-5H3,(H,20,26)(H,21,27)(H,22,25)(H,28,29). The molecule has 0 fully saturated rings. The summed E-state index contributed by atoms with van der Waals surface area (Å²) in [4.78, 5) is 48.5. The molecular formula is C18H34N4O7. The van der Waals surface area contributed by atoms with Gasteiger partial charge in [0.2, 0.25) is 17.7 Å². The molecule has 0 rings (SSSR count). The number of amides is 3. The van der Waals surface area contributed by atoms with Crippen LogP contribution in [0.25, 0.3) is 0 Å². The fourth-order valence-electron chi connectivity index (χ4n) is 2.45. The van der Waals surface area contributed by atoms with E-state index in [-0.39, 0.29) is 11.8 Å². The summed E-state index contributed by atoms with van der Waals surface area (Å²) in [7, 11) is 0. The average molecular weight is 418 g/mol. The summed E-state index contributed by atoms with van der Waals surface area (Å²) in [6, 6.07) is -4.92. The number of carbonyl (C=O) groups is 4. The molecule has 0 heterocycles. The molecule has 0 aromatic rings. The molecule has 29 heavy (non-hydrogen) atoms. The fourth-order valence-corrected chi connectivity index (χ4v) is 2.45. The number of nitrogens with two attached hydrogens (primary N) is 1. The van der Waals surface area contributed by atoms with Crippen LogP contribution in [-0.2, 0) is 19.2 Å². The molecule has 0 aliphatic heterocycles. The van der Waals surface area contributed by atoms with Crippen molar-refractivity contribution in [3.05, 3.63) is 0 Å². The minimum atomic E-state index is -1.42. The quantitative estimate of drug-likeness (QED) is 0.188. The minimum Gasteiger partial charge on any atom is -0.480 e. The zero-order valence-electron chi connectivity index (χ0n) is 17.5. The van der Waals surface area contributed by atoms with Crippen LogP contribution in [0, 0.1) is 11.8 Å². The first-order chi connectivity index (χ1) is 13.4. The van der Waals surface area contributed by atoms with Crippen molar-refractivity contribution in [1.82, 2.24) is 16.0 Å². The number of carboxylic acid groups (broad SMARTS) is 1. The van der Waals surface area contributed by atoms with Crippen LogP contribution in [0.1, 0.15) is 41.0 Å². The second-order valence-electron chi connectivity index (χ2n) is 7.46. The van der Waals surface area contributed by atoms with Gasteiger partial charge in [0.15, 0.2) is 0 Å². The van der Waals surface area contributed by atoms with E-state index in [0.29, 0.717) is 6.42 Å². The van der Waals surface area contributed by atoms with E-state index in [9.17, 15) is 29.4 Å². The van der Waals surface area contributed by atoms with Crippen LogP contribution in [0.15, 0.2) is 0 Å². The van der Waals surface area contributed by atoms with E-state index >= 15 is 0 Å². The highest BCUT2D eigenvalue weighted by Crippen LogP contribution is 2.11. The molecule has 0 aliphatic rings. The lowest BCUT2D eigenvalue weighted by Gasteiger charge is -2.29. The maximum atomic E-state index is 12.7. The maximum Gasteiger partial charge on any atom is 0.326 e. The molecule has 6 unspecified atom stereocenters. The highest BCUT2D eigenvalue weighted by molar-refractivity contribution is 5.94. The number of carbonyl (C=O) groups excluding carboxylic acids is 3. The van der Waals surface area contributed by atoms with Gasteiger partial charge in [0, 0.05) is 0 Å². The summed E-state index contributed by atoms with van der Waals surface area (Å²) < 4.78 is 0. The number of rotatable bonds is 12. The molecule has 11 heteroatoms. The molecule has 6 atom stereocenters. The van der Waals surface area contributed by atoms with E-state index in [2.05, 4.69) is 16.0 Å². The molecule has 0 aromatic carbocycles. The third-order valence-corrected chi connectivity index (χ3v) is 4.62. The number of hydrogen-bond acceptors (Lipinski definition) is 7. The molecular weight excluding hydrogens is 384 g/mol. The Morgan fingerprint density at radius 1 is 0.862 bits per heavy atom. The minimum absolute atomic E-state index is 0.356. The first-order valence-electron chi connectivity index (χ1n) is 9.55. The van der Waals surface area contributed by atoms with Gasteiger partial charge in [-0.25, -0.2) is 4.79 Å². The predicted octanol–water partition coefficient (Wildman–Crippen LogP) is -2.07. The monoisotopic (exact) mass is 418 g/mol. The van der Waals surface area contributed by atoms with E-state index < -0.39 is 60.6 Å². The van der Waals surface area contributed by atoms with Gasteiger partial charge in [-0.05, 0) is 18.8 Å². The molecule has 3 amide bonds. The molecule has 0 aliphatic carbocycles. The SMILES string of the molecule is CCC(C)C(NC(=O)C(NC(=O)C(N)CO)C(C)O)C(=O)NC(C(=O)O)C(C)C. The van der Waals surface area contributed by atoms with Crippen molar-refractivity contribution in [2.75, 3.05) is 6.61 Å². The van der Waals surface area contributed by atoms with Crippen molar-refractivity contribution >= 4 is 23.7 Å². The van der Waals surface area contributed by atoms with Crippen LogP contribution in [-0.4, -0.2) is 75.9 Å². The Morgan fingerprint density at radius 3 is 1.69 bits per heavy atom. The highest BCUT2D eigenvalue weighted by Gasteiger charge is 2.34. The van der Waals surface area contributed by atoms with Crippen molar-refractivity contribution in [2.24, 2.45) is 17.6 Å². The van der Waals surface area contributed by atoms with Gasteiger partial charge >= 0.3 is 5.97 Å². The van der Waals surface area contributed by atoms with Crippen molar-refractivity contribution < 1.29 is 34.5 Å². The molecule has 0 aromatic heterocycles. The molecule has 0 spiro atoms. The van der Waals surface area contributed by atoms with Gasteiger partial charge in [-0.1, -0.05) is 34.1 Å². The van der Waals surface area contributed by atoms with Crippen LogP contribution < -0.4 is 21.7 Å². The summed E-state index contributed by atoms with van der Waals surface area (Å²) in [5.74, 6) is -4.30. The molecule has 0 saturated carbocycles. The molecule has 11 nitrogen and oxygen atoms in total. The summed E-state index contributed by atoms with van der Waals surface area (Å²) >= 11 is 0. The summed E-state index contributed by atoms with van der Waals surface area (Å²) in [6.07, 6.45) is -0.813. The average Bonchev–Trinajstić information content (AvgIpc) is 2.65.